The van der Waals surface area contributed by atoms with E-state index in [0.717, 1.165) is 45.5 Å². The molecule has 4 rings (SSSR count). The molecule has 2 saturated heterocycles. The third-order valence-electron chi connectivity index (χ3n) is 5.65. The van der Waals surface area contributed by atoms with Crippen LogP contribution in [0.2, 0.25) is 0 Å². The normalized spacial score (nSPS) is 31.0. The summed E-state index contributed by atoms with van der Waals surface area (Å²) in [6, 6.07) is 5.95. The number of likely N-dealkylation sites (tertiary alicyclic amines) is 1. The van der Waals surface area contributed by atoms with E-state index in [1.165, 1.54) is 12.1 Å². The molecule has 1 aliphatic carbocycles. The van der Waals surface area contributed by atoms with Crippen molar-refractivity contribution in [1.82, 2.24) is 10.2 Å². The van der Waals surface area contributed by atoms with Gasteiger partial charge in [0.2, 0.25) is 0 Å². The Balaban J connectivity index is 1.25. The minimum Gasteiger partial charge on any atom is -0.380 e. The molecule has 0 radical (unpaired) electrons. The summed E-state index contributed by atoms with van der Waals surface area (Å²) in [5.74, 6) is -1.23. The van der Waals surface area contributed by atoms with Crippen LogP contribution in [0.1, 0.15) is 18.4 Å². The van der Waals surface area contributed by atoms with Crippen molar-refractivity contribution in [2.45, 2.75) is 24.3 Å². The van der Waals surface area contributed by atoms with Crippen molar-refractivity contribution < 1.29 is 13.5 Å². The molecule has 0 amide bonds. The molecule has 6 heteroatoms. The second kappa shape index (κ2) is 5.76. The first kappa shape index (κ1) is 15.9. The van der Waals surface area contributed by atoms with E-state index in [-0.39, 0.29) is 6.04 Å². The molecule has 1 aromatic rings. The number of nitrogens with one attached hydrogen (secondary N) is 1. The van der Waals surface area contributed by atoms with E-state index in [2.05, 4.69) is 16.3 Å². The van der Waals surface area contributed by atoms with Crippen molar-refractivity contribution in [3.05, 3.63) is 35.4 Å². The first-order valence-electron chi connectivity index (χ1n) is 8.45. The standard InChI is InChI=1S/C18H21F2N3O/c19-13-1-2-15(16(20)5-13)18(8-21)6-14(7-18)22-3-4-23-9-17(10-23)11-24-12-17/h1-2,5,14,22H,3-4,6-7,9-12H2. The topological polar surface area (TPSA) is 48.3 Å². The van der Waals surface area contributed by atoms with Crippen LogP contribution in [-0.2, 0) is 10.2 Å². The van der Waals surface area contributed by atoms with Crippen LogP contribution >= 0.6 is 0 Å². The quantitative estimate of drug-likeness (QED) is 0.893. The number of hydrogen-bond donors (Lipinski definition) is 1. The number of nitrogens with zero attached hydrogens (tertiary/aromatic N) is 2. The average Bonchev–Trinajstić information content (AvgIpc) is 2.42. The van der Waals surface area contributed by atoms with Crippen molar-refractivity contribution >= 4 is 0 Å². The van der Waals surface area contributed by atoms with Crippen molar-refractivity contribution in [3.63, 3.8) is 0 Å². The highest BCUT2D eigenvalue weighted by atomic mass is 19.1. The molecule has 24 heavy (non-hydrogen) atoms. The summed E-state index contributed by atoms with van der Waals surface area (Å²) < 4.78 is 32.3. The van der Waals surface area contributed by atoms with Gasteiger partial charge in [-0.2, -0.15) is 5.26 Å². The fourth-order valence-corrected chi connectivity index (χ4v) is 4.24. The lowest BCUT2D eigenvalue weighted by molar-refractivity contribution is -0.188. The SMILES string of the molecule is N#CC1(c2ccc(F)cc2F)CC(NCCN2CC3(COC3)C2)C1. The van der Waals surface area contributed by atoms with E-state index in [1.54, 1.807) is 0 Å². The summed E-state index contributed by atoms with van der Waals surface area (Å²) in [5.41, 5.74) is -0.0642. The lowest BCUT2D eigenvalue weighted by Crippen LogP contribution is -2.66. The number of hydrogen-bond acceptors (Lipinski definition) is 4. The third kappa shape index (κ3) is 2.61. The number of halogens is 2. The van der Waals surface area contributed by atoms with Crippen LogP contribution in [0.25, 0.3) is 0 Å². The number of benzene rings is 1. The molecular formula is C18H21F2N3O. The minimum absolute atomic E-state index is 0.219. The average molecular weight is 333 g/mol. The lowest BCUT2D eigenvalue weighted by atomic mass is 9.62. The minimum atomic E-state index is -0.820. The highest BCUT2D eigenvalue weighted by molar-refractivity contribution is 5.38. The summed E-state index contributed by atoms with van der Waals surface area (Å²) in [6.07, 6.45) is 1.15. The van der Waals surface area contributed by atoms with Crippen LogP contribution < -0.4 is 5.32 Å². The van der Waals surface area contributed by atoms with E-state index in [1.807, 2.05) is 0 Å². The molecule has 1 N–H and O–H groups in total. The van der Waals surface area contributed by atoms with Gasteiger partial charge in [-0.05, 0) is 18.9 Å². The van der Waals surface area contributed by atoms with Crippen LogP contribution in [0, 0.1) is 28.4 Å². The van der Waals surface area contributed by atoms with Gasteiger partial charge in [-0.15, -0.1) is 0 Å². The fourth-order valence-electron chi connectivity index (χ4n) is 4.24. The Bertz CT molecular complexity index is 669. The van der Waals surface area contributed by atoms with Gasteiger partial charge in [0.05, 0.1) is 24.7 Å². The van der Waals surface area contributed by atoms with Gasteiger partial charge in [0, 0.05) is 49.3 Å². The van der Waals surface area contributed by atoms with Gasteiger partial charge in [0.1, 0.15) is 11.6 Å². The monoisotopic (exact) mass is 333 g/mol. The summed E-state index contributed by atoms with van der Waals surface area (Å²) in [6.45, 7) is 5.88. The van der Waals surface area contributed by atoms with Crippen LogP contribution in [0.4, 0.5) is 8.78 Å². The Morgan fingerprint density at radius 2 is 2.04 bits per heavy atom. The fraction of sp³-hybridized carbons (Fsp3) is 0.611. The Morgan fingerprint density at radius 3 is 2.62 bits per heavy atom. The number of rotatable bonds is 5. The summed E-state index contributed by atoms with van der Waals surface area (Å²) in [4.78, 5) is 2.41. The highest BCUT2D eigenvalue weighted by Crippen LogP contribution is 2.44. The molecule has 0 bridgehead atoms. The summed E-state index contributed by atoms with van der Waals surface area (Å²) in [5, 5.41) is 12.9. The predicted octanol–water partition coefficient (Wildman–Crippen LogP) is 1.81. The van der Waals surface area contributed by atoms with E-state index in [0.29, 0.717) is 23.8 Å². The van der Waals surface area contributed by atoms with Crippen LogP contribution in [0.5, 0.6) is 0 Å². The van der Waals surface area contributed by atoms with E-state index in [9.17, 15) is 14.0 Å². The zero-order valence-corrected chi connectivity index (χ0v) is 13.5. The molecular weight excluding hydrogens is 312 g/mol. The maximum absolute atomic E-state index is 14.0. The maximum Gasteiger partial charge on any atom is 0.130 e. The van der Waals surface area contributed by atoms with Crippen molar-refractivity contribution in [2.24, 2.45) is 5.41 Å². The molecule has 2 heterocycles. The van der Waals surface area contributed by atoms with Gasteiger partial charge in [-0.3, -0.25) is 0 Å². The zero-order chi connectivity index (χ0) is 16.8. The molecule has 3 fully saturated rings. The van der Waals surface area contributed by atoms with Crippen LogP contribution in [-0.4, -0.2) is 50.3 Å². The Labute approximate surface area is 140 Å². The third-order valence-corrected chi connectivity index (χ3v) is 5.65. The van der Waals surface area contributed by atoms with Gasteiger partial charge in [-0.1, -0.05) is 6.07 Å². The van der Waals surface area contributed by atoms with E-state index >= 15 is 0 Å². The first-order valence-corrected chi connectivity index (χ1v) is 8.45. The molecule has 4 nitrogen and oxygen atoms in total. The molecule has 1 saturated carbocycles. The van der Waals surface area contributed by atoms with Gasteiger partial charge in [0.25, 0.3) is 0 Å². The summed E-state index contributed by atoms with van der Waals surface area (Å²) >= 11 is 0. The van der Waals surface area contributed by atoms with Crippen molar-refractivity contribution in [3.8, 4) is 6.07 Å². The predicted molar refractivity (Wildman–Crippen MR) is 84.4 cm³/mol. The van der Waals surface area contributed by atoms with Gasteiger partial charge in [-0.25, -0.2) is 8.78 Å². The smallest absolute Gasteiger partial charge is 0.130 e. The van der Waals surface area contributed by atoms with E-state index < -0.39 is 17.0 Å². The van der Waals surface area contributed by atoms with Gasteiger partial charge in [0.15, 0.2) is 0 Å². The summed E-state index contributed by atoms with van der Waals surface area (Å²) in [7, 11) is 0. The molecule has 1 spiro atoms. The maximum atomic E-state index is 14.0. The molecule has 0 unspecified atom stereocenters. The number of ether oxygens (including phenoxy) is 1. The molecule has 3 aliphatic rings. The number of nitriles is 1. The second-order valence-electron chi connectivity index (χ2n) is 7.58. The highest BCUT2D eigenvalue weighted by Gasteiger charge is 2.49. The largest absolute Gasteiger partial charge is 0.380 e. The second-order valence-corrected chi connectivity index (χ2v) is 7.58. The van der Waals surface area contributed by atoms with Gasteiger partial charge < -0.3 is 15.0 Å². The Kier molecular flexibility index (Phi) is 3.83. The van der Waals surface area contributed by atoms with Crippen molar-refractivity contribution in [2.75, 3.05) is 39.4 Å². The van der Waals surface area contributed by atoms with Crippen molar-refractivity contribution in [1.29, 1.82) is 5.26 Å². The molecule has 0 atom stereocenters. The molecule has 2 aliphatic heterocycles. The molecule has 1 aromatic carbocycles. The van der Waals surface area contributed by atoms with E-state index in [4.69, 9.17) is 4.74 Å². The first-order chi connectivity index (χ1) is 11.5. The Morgan fingerprint density at radius 1 is 1.29 bits per heavy atom. The molecule has 128 valence electrons. The molecule has 0 aromatic heterocycles. The van der Waals surface area contributed by atoms with Crippen LogP contribution in [0.3, 0.4) is 0 Å². The van der Waals surface area contributed by atoms with Gasteiger partial charge >= 0.3 is 0 Å². The zero-order valence-electron chi connectivity index (χ0n) is 13.5. The van der Waals surface area contributed by atoms with Crippen LogP contribution in [0.15, 0.2) is 18.2 Å². The Hall–Kier alpha value is -1.55. The lowest BCUT2D eigenvalue weighted by Gasteiger charge is -2.55.